The van der Waals surface area contributed by atoms with Crippen molar-refractivity contribution in [2.24, 2.45) is 16.7 Å². The molecule has 18 heavy (non-hydrogen) atoms. The van der Waals surface area contributed by atoms with Crippen molar-refractivity contribution < 1.29 is 0 Å². The third kappa shape index (κ3) is 2.60. The van der Waals surface area contributed by atoms with Crippen LogP contribution in [0.1, 0.15) is 54.4 Å². The van der Waals surface area contributed by atoms with E-state index in [4.69, 9.17) is 0 Å². The molecular weight excluding hydrogens is 220 g/mol. The Hall–Kier alpha value is -0.0800. The second-order valence-corrected chi connectivity index (χ2v) is 7.84. The van der Waals surface area contributed by atoms with Crippen molar-refractivity contribution in [1.82, 2.24) is 10.2 Å². The van der Waals surface area contributed by atoms with Gasteiger partial charge in [-0.05, 0) is 56.5 Å². The van der Waals surface area contributed by atoms with Gasteiger partial charge in [0.1, 0.15) is 0 Å². The first-order valence-electron chi connectivity index (χ1n) is 7.73. The fourth-order valence-electron chi connectivity index (χ4n) is 3.75. The summed E-state index contributed by atoms with van der Waals surface area (Å²) < 4.78 is 0. The summed E-state index contributed by atoms with van der Waals surface area (Å²) in [6.07, 6.45) is 2.58. The van der Waals surface area contributed by atoms with Crippen molar-refractivity contribution >= 4 is 0 Å². The number of nitrogens with zero attached hydrogens (tertiary/aromatic N) is 1. The van der Waals surface area contributed by atoms with Gasteiger partial charge in [0.15, 0.2) is 0 Å². The lowest BCUT2D eigenvalue weighted by molar-refractivity contribution is 0.201. The molecule has 0 aromatic heterocycles. The molecule has 0 radical (unpaired) electrons. The summed E-state index contributed by atoms with van der Waals surface area (Å²) in [7, 11) is 0. The van der Waals surface area contributed by atoms with Gasteiger partial charge < -0.3 is 10.2 Å². The molecule has 2 nitrogen and oxygen atoms in total. The van der Waals surface area contributed by atoms with Gasteiger partial charge in [0.05, 0.1) is 0 Å². The van der Waals surface area contributed by atoms with Crippen molar-refractivity contribution in [3.05, 3.63) is 0 Å². The Kier molecular flexibility index (Phi) is 3.81. The molecule has 106 valence electrons. The highest BCUT2D eigenvalue weighted by molar-refractivity contribution is 5.13. The first-order chi connectivity index (χ1) is 8.25. The standard InChI is InChI=1S/C16H32N2/c1-12-7-9-18(10-8-13(2)17-12)11-14-15(3,4)16(14,5)6/h12-14,17H,7-11H2,1-6H3. The number of hydrogen-bond acceptors (Lipinski definition) is 2. The number of nitrogens with one attached hydrogen (secondary N) is 1. The van der Waals surface area contributed by atoms with Crippen LogP contribution in [-0.4, -0.2) is 36.6 Å². The average Bonchev–Trinajstić information content (AvgIpc) is 2.62. The molecule has 0 bridgehead atoms. The zero-order valence-corrected chi connectivity index (χ0v) is 13.2. The maximum Gasteiger partial charge on any atom is 0.00533 e. The van der Waals surface area contributed by atoms with E-state index in [1.165, 1.54) is 32.5 Å². The maximum absolute atomic E-state index is 3.68. The molecule has 2 aliphatic rings. The maximum atomic E-state index is 3.68. The van der Waals surface area contributed by atoms with E-state index < -0.39 is 0 Å². The highest BCUT2D eigenvalue weighted by Gasteiger charge is 2.64. The predicted molar refractivity (Wildman–Crippen MR) is 78.8 cm³/mol. The van der Waals surface area contributed by atoms with E-state index in [-0.39, 0.29) is 0 Å². The lowest BCUT2D eigenvalue weighted by Crippen LogP contribution is -2.43. The first-order valence-corrected chi connectivity index (χ1v) is 7.73. The molecule has 2 rings (SSSR count). The molecule has 0 aromatic carbocycles. The van der Waals surface area contributed by atoms with Gasteiger partial charge in [0.2, 0.25) is 0 Å². The van der Waals surface area contributed by atoms with Crippen LogP contribution in [0.2, 0.25) is 0 Å². The van der Waals surface area contributed by atoms with Crippen LogP contribution in [0.5, 0.6) is 0 Å². The first kappa shape index (κ1) is 14.3. The van der Waals surface area contributed by atoms with E-state index in [2.05, 4.69) is 51.8 Å². The summed E-state index contributed by atoms with van der Waals surface area (Å²) in [4.78, 5) is 2.72. The Bertz CT molecular complexity index is 269. The summed E-state index contributed by atoms with van der Waals surface area (Å²) in [5.74, 6) is 0.878. The molecule has 2 heteroatoms. The van der Waals surface area contributed by atoms with E-state index in [1.807, 2.05) is 0 Å². The normalized spacial score (nSPS) is 37.0. The molecule has 0 spiro atoms. The van der Waals surface area contributed by atoms with E-state index >= 15 is 0 Å². The Morgan fingerprint density at radius 3 is 1.78 bits per heavy atom. The average molecular weight is 252 g/mol. The molecule has 1 aliphatic carbocycles. The molecule has 2 atom stereocenters. The van der Waals surface area contributed by atoms with Crippen LogP contribution in [0.15, 0.2) is 0 Å². The third-order valence-corrected chi connectivity index (χ3v) is 6.09. The number of rotatable bonds is 2. The van der Waals surface area contributed by atoms with Crippen LogP contribution in [0, 0.1) is 16.7 Å². The second kappa shape index (κ2) is 4.79. The van der Waals surface area contributed by atoms with Gasteiger partial charge in [0, 0.05) is 18.6 Å². The second-order valence-electron chi connectivity index (χ2n) is 7.84. The smallest absolute Gasteiger partial charge is 0.00533 e. The minimum absolute atomic E-state index is 0.533. The van der Waals surface area contributed by atoms with Crippen molar-refractivity contribution in [3.63, 3.8) is 0 Å². The molecule has 0 aromatic rings. The molecule has 2 fully saturated rings. The third-order valence-electron chi connectivity index (χ3n) is 6.09. The van der Waals surface area contributed by atoms with Crippen LogP contribution in [-0.2, 0) is 0 Å². The van der Waals surface area contributed by atoms with Gasteiger partial charge in [-0.15, -0.1) is 0 Å². The van der Waals surface area contributed by atoms with Crippen molar-refractivity contribution in [2.75, 3.05) is 19.6 Å². The van der Waals surface area contributed by atoms with Crippen molar-refractivity contribution in [1.29, 1.82) is 0 Å². The summed E-state index contributed by atoms with van der Waals surface area (Å²) >= 11 is 0. The molecular formula is C16H32N2. The van der Waals surface area contributed by atoms with Crippen LogP contribution in [0.25, 0.3) is 0 Å². The van der Waals surface area contributed by atoms with Crippen molar-refractivity contribution in [3.8, 4) is 0 Å². The molecule has 1 N–H and O–H groups in total. The summed E-state index contributed by atoms with van der Waals surface area (Å²) in [5, 5.41) is 3.68. The lowest BCUT2D eigenvalue weighted by atomic mass is 10.0. The Morgan fingerprint density at radius 1 is 0.944 bits per heavy atom. The zero-order valence-electron chi connectivity index (χ0n) is 13.2. The van der Waals surface area contributed by atoms with Crippen LogP contribution in [0.3, 0.4) is 0 Å². The summed E-state index contributed by atoms with van der Waals surface area (Å²) in [6.45, 7) is 18.2. The SMILES string of the molecule is CC1CCN(CC2C(C)(C)C2(C)C)CCC(C)N1. The molecule has 1 heterocycles. The summed E-state index contributed by atoms with van der Waals surface area (Å²) in [6, 6.07) is 1.34. The molecule has 1 aliphatic heterocycles. The number of hydrogen-bond donors (Lipinski definition) is 1. The molecule has 0 amide bonds. The fraction of sp³-hybridized carbons (Fsp3) is 1.00. The van der Waals surface area contributed by atoms with Gasteiger partial charge >= 0.3 is 0 Å². The highest BCUT2D eigenvalue weighted by atomic mass is 15.1. The van der Waals surface area contributed by atoms with Crippen molar-refractivity contribution in [2.45, 2.75) is 66.5 Å². The Labute approximate surface area is 114 Å². The fourth-order valence-corrected chi connectivity index (χ4v) is 3.75. The minimum atomic E-state index is 0.533. The Morgan fingerprint density at radius 2 is 1.39 bits per heavy atom. The van der Waals surface area contributed by atoms with Crippen LogP contribution in [0.4, 0.5) is 0 Å². The zero-order chi connectivity index (χ0) is 13.6. The van der Waals surface area contributed by atoms with Gasteiger partial charge in [-0.1, -0.05) is 27.7 Å². The molecule has 2 unspecified atom stereocenters. The quantitative estimate of drug-likeness (QED) is 0.812. The van der Waals surface area contributed by atoms with Gasteiger partial charge in [-0.3, -0.25) is 0 Å². The Balaban J connectivity index is 1.90. The topological polar surface area (TPSA) is 15.3 Å². The van der Waals surface area contributed by atoms with Crippen LogP contribution < -0.4 is 5.32 Å². The predicted octanol–water partition coefficient (Wildman–Crippen LogP) is 3.13. The van der Waals surface area contributed by atoms with Gasteiger partial charge in [-0.2, -0.15) is 0 Å². The molecule has 1 saturated carbocycles. The minimum Gasteiger partial charge on any atom is -0.312 e. The van der Waals surface area contributed by atoms with Crippen LogP contribution >= 0.6 is 0 Å². The largest absolute Gasteiger partial charge is 0.312 e. The van der Waals surface area contributed by atoms with E-state index in [0.717, 1.165) is 5.92 Å². The van der Waals surface area contributed by atoms with Gasteiger partial charge in [-0.25, -0.2) is 0 Å². The van der Waals surface area contributed by atoms with E-state index in [0.29, 0.717) is 22.9 Å². The van der Waals surface area contributed by atoms with Gasteiger partial charge in [0.25, 0.3) is 0 Å². The summed E-state index contributed by atoms with van der Waals surface area (Å²) in [5.41, 5.74) is 1.07. The van der Waals surface area contributed by atoms with E-state index in [1.54, 1.807) is 0 Å². The van der Waals surface area contributed by atoms with E-state index in [9.17, 15) is 0 Å². The monoisotopic (exact) mass is 252 g/mol. The highest BCUT2D eigenvalue weighted by Crippen LogP contribution is 2.68. The lowest BCUT2D eigenvalue weighted by Gasteiger charge is -2.31. The molecule has 1 saturated heterocycles.